The van der Waals surface area contributed by atoms with Crippen LogP contribution in [0.1, 0.15) is 29.8 Å². The molecule has 1 atom stereocenters. The van der Waals surface area contributed by atoms with Gasteiger partial charge in [-0.05, 0) is 31.5 Å². The van der Waals surface area contributed by atoms with Crippen LogP contribution in [0.15, 0.2) is 24.3 Å². The summed E-state index contributed by atoms with van der Waals surface area (Å²) in [6.07, 6.45) is -0.190. The molecular formula is C15H19ClN2O2. The van der Waals surface area contributed by atoms with Crippen molar-refractivity contribution < 1.29 is 9.84 Å². The average Bonchev–Trinajstić information content (AvgIpc) is 2.66. The zero-order valence-electron chi connectivity index (χ0n) is 11.9. The zero-order valence-corrected chi connectivity index (χ0v) is 12.7. The van der Waals surface area contributed by atoms with E-state index in [0.29, 0.717) is 18.2 Å². The van der Waals surface area contributed by atoms with Gasteiger partial charge in [0.2, 0.25) is 0 Å². The number of nitrogens with zero attached hydrogens (tertiary/aromatic N) is 2. The first-order valence-corrected chi connectivity index (χ1v) is 6.99. The van der Waals surface area contributed by atoms with Gasteiger partial charge in [-0.2, -0.15) is 5.10 Å². The highest BCUT2D eigenvalue weighted by atomic mass is 35.5. The average molecular weight is 295 g/mol. The number of aromatic nitrogens is 2. The maximum atomic E-state index is 10.4. The summed E-state index contributed by atoms with van der Waals surface area (Å²) in [6.45, 7) is 4.43. The molecule has 0 saturated heterocycles. The predicted molar refractivity (Wildman–Crippen MR) is 79.2 cm³/mol. The Bertz CT molecular complexity index is 596. The van der Waals surface area contributed by atoms with E-state index in [1.165, 1.54) is 0 Å². The minimum atomic E-state index is -0.629. The minimum absolute atomic E-state index is 0.439. The number of aryl methyl sites for hydroxylation is 2. The van der Waals surface area contributed by atoms with E-state index in [0.717, 1.165) is 22.6 Å². The fourth-order valence-electron chi connectivity index (χ4n) is 2.20. The summed E-state index contributed by atoms with van der Waals surface area (Å²) in [7, 11) is 1.79. The van der Waals surface area contributed by atoms with Crippen molar-refractivity contribution in [3.8, 4) is 5.75 Å². The van der Waals surface area contributed by atoms with Crippen LogP contribution in [0.25, 0.3) is 0 Å². The maximum absolute atomic E-state index is 10.4. The number of halogens is 1. The quantitative estimate of drug-likeness (QED) is 0.922. The SMILES string of the molecule is CCOc1cccc(C(O)Cc2c(C)nn(C)c2Cl)c1. The van der Waals surface area contributed by atoms with E-state index < -0.39 is 6.10 Å². The van der Waals surface area contributed by atoms with Crippen molar-refractivity contribution in [1.29, 1.82) is 0 Å². The van der Waals surface area contributed by atoms with Crippen LogP contribution in [-0.4, -0.2) is 21.5 Å². The van der Waals surface area contributed by atoms with Crippen molar-refractivity contribution in [3.63, 3.8) is 0 Å². The number of ether oxygens (including phenoxy) is 1. The van der Waals surface area contributed by atoms with Gasteiger partial charge in [-0.25, -0.2) is 0 Å². The van der Waals surface area contributed by atoms with Crippen LogP contribution >= 0.6 is 11.6 Å². The number of aliphatic hydroxyl groups is 1. The molecule has 4 nitrogen and oxygen atoms in total. The Labute approximate surface area is 123 Å². The number of aliphatic hydroxyl groups excluding tert-OH is 1. The summed E-state index contributed by atoms with van der Waals surface area (Å²) in [6, 6.07) is 7.49. The fourth-order valence-corrected chi connectivity index (χ4v) is 2.45. The first kappa shape index (κ1) is 14.9. The van der Waals surface area contributed by atoms with E-state index in [4.69, 9.17) is 16.3 Å². The van der Waals surface area contributed by atoms with Crippen molar-refractivity contribution in [2.45, 2.75) is 26.4 Å². The van der Waals surface area contributed by atoms with Crippen LogP contribution in [0, 0.1) is 6.92 Å². The van der Waals surface area contributed by atoms with Crippen molar-refractivity contribution in [3.05, 3.63) is 46.2 Å². The van der Waals surface area contributed by atoms with Crippen molar-refractivity contribution in [1.82, 2.24) is 9.78 Å². The third-order valence-electron chi connectivity index (χ3n) is 3.22. The fraction of sp³-hybridized carbons (Fsp3) is 0.400. The summed E-state index contributed by atoms with van der Waals surface area (Å²) >= 11 is 6.19. The van der Waals surface area contributed by atoms with Crippen molar-refractivity contribution in [2.75, 3.05) is 6.61 Å². The summed E-state index contributed by atoms with van der Waals surface area (Å²) in [5.41, 5.74) is 2.54. The smallest absolute Gasteiger partial charge is 0.130 e. The van der Waals surface area contributed by atoms with Gasteiger partial charge in [0, 0.05) is 19.0 Å². The van der Waals surface area contributed by atoms with Crippen LogP contribution in [0.5, 0.6) is 5.75 Å². The molecule has 2 rings (SSSR count). The Morgan fingerprint density at radius 3 is 2.80 bits per heavy atom. The van der Waals surface area contributed by atoms with Crippen LogP contribution in [0.3, 0.4) is 0 Å². The molecule has 0 radical (unpaired) electrons. The highest BCUT2D eigenvalue weighted by Gasteiger charge is 2.17. The first-order chi connectivity index (χ1) is 9.52. The lowest BCUT2D eigenvalue weighted by molar-refractivity contribution is 0.177. The Kier molecular flexibility index (Phi) is 4.68. The van der Waals surface area contributed by atoms with E-state index in [-0.39, 0.29) is 0 Å². The second-order valence-electron chi connectivity index (χ2n) is 4.70. The van der Waals surface area contributed by atoms with Gasteiger partial charge in [-0.1, -0.05) is 23.7 Å². The number of rotatable bonds is 5. The van der Waals surface area contributed by atoms with E-state index in [1.54, 1.807) is 11.7 Å². The normalized spacial score (nSPS) is 12.4. The van der Waals surface area contributed by atoms with Gasteiger partial charge in [-0.15, -0.1) is 0 Å². The molecule has 20 heavy (non-hydrogen) atoms. The minimum Gasteiger partial charge on any atom is -0.494 e. The van der Waals surface area contributed by atoms with Gasteiger partial charge in [0.05, 0.1) is 18.4 Å². The monoisotopic (exact) mass is 294 g/mol. The van der Waals surface area contributed by atoms with Crippen LogP contribution < -0.4 is 4.74 Å². The van der Waals surface area contributed by atoms with E-state index in [1.807, 2.05) is 38.1 Å². The summed E-state index contributed by atoms with van der Waals surface area (Å²) in [5.74, 6) is 0.762. The molecular weight excluding hydrogens is 276 g/mol. The summed E-state index contributed by atoms with van der Waals surface area (Å²) in [5, 5.41) is 15.2. The van der Waals surface area contributed by atoms with Gasteiger partial charge < -0.3 is 9.84 Å². The first-order valence-electron chi connectivity index (χ1n) is 6.61. The Balaban J connectivity index is 2.19. The maximum Gasteiger partial charge on any atom is 0.130 e. The molecule has 1 aromatic heterocycles. The molecule has 0 saturated carbocycles. The van der Waals surface area contributed by atoms with E-state index in [9.17, 15) is 5.11 Å². The lowest BCUT2D eigenvalue weighted by atomic mass is 10.0. The molecule has 1 aromatic carbocycles. The molecule has 0 bridgehead atoms. The second kappa shape index (κ2) is 6.29. The van der Waals surface area contributed by atoms with Gasteiger partial charge in [0.15, 0.2) is 0 Å². The zero-order chi connectivity index (χ0) is 14.7. The lowest BCUT2D eigenvalue weighted by Gasteiger charge is -2.12. The summed E-state index contributed by atoms with van der Waals surface area (Å²) < 4.78 is 7.07. The molecule has 2 aromatic rings. The molecule has 0 amide bonds. The van der Waals surface area contributed by atoms with Crippen LogP contribution in [-0.2, 0) is 13.5 Å². The summed E-state index contributed by atoms with van der Waals surface area (Å²) in [4.78, 5) is 0. The lowest BCUT2D eigenvalue weighted by Crippen LogP contribution is -2.03. The largest absolute Gasteiger partial charge is 0.494 e. The topological polar surface area (TPSA) is 47.3 Å². The van der Waals surface area contributed by atoms with E-state index >= 15 is 0 Å². The molecule has 0 aliphatic rings. The molecule has 108 valence electrons. The molecule has 0 aliphatic heterocycles. The highest BCUT2D eigenvalue weighted by molar-refractivity contribution is 6.30. The van der Waals surface area contributed by atoms with Crippen LogP contribution in [0.4, 0.5) is 0 Å². The van der Waals surface area contributed by atoms with Crippen LogP contribution in [0.2, 0.25) is 5.15 Å². The molecule has 0 spiro atoms. The van der Waals surface area contributed by atoms with Crippen molar-refractivity contribution in [2.24, 2.45) is 7.05 Å². The molecule has 1 unspecified atom stereocenters. The third kappa shape index (κ3) is 3.14. The number of benzene rings is 1. The molecule has 5 heteroatoms. The molecule has 0 fully saturated rings. The van der Waals surface area contributed by atoms with Gasteiger partial charge >= 0.3 is 0 Å². The van der Waals surface area contributed by atoms with Gasteiger partial charge in [0.1, 0.15) is 10.9 Å². The third-order valence-corrected chi connectivity index (χ3v) is 3.69. The predicted octanol–water partition coefficient (Wildman–Crippen LogP) is 3.06. The Hall–Kier alpha value is -1.52. The standard InChI is InChI=1S/C15H19ClN2O2/c1-4-20-12-7-5-6-11(8-12)14(19)9-13-10(2)17-18(3)15(13)16/h5-8,14,19H,4,9H2,1-3H3. The second-order valence-corrected chi connectivity index (χ2v) is 5.06. The molecule has 0 aliphatic carbocycles. The van der Waals surface area contributed by atoms with Gasteiger partial charge in [0.25, 0.3) is 0 Å². The highest BCUT2D eigenvalue weighted by Crippen LogP contribution is 2.27. The molecule has 1 heterocycles. The Morgan fingerprint density at radius 2 is 2.20 bits per heavy atom. The van der Waals surface area contributed by atoms with Gasteiger partial charge in [-0.3, -0.25) is 4.68 Å². The number of hydrogen-bond donors (Lipinski definition) is 1. The van der Waals surface area contributed by atoms with E-state index in [2.05, 4.69) is 5.10 Å². The molecule has 1 N–H and O–H groups in total. The number of hydrogen-bond acceptors (Lipinski definition) is 3. The Morgan fingerprint density at radius 1 is 1.45 bits per heavy atom. The van der Waals surface area contributed by atoms with Crippen molar-refractivity contribution >= 4 is 11.6 Å².